The zero-order valence-electron chi connectivity index (χ0n) is 12.2. The maximum Gasteiger partial charge on any atom is 0.0442 e. The Morgan fingerprint density at radius 1 is 1.32 bits per heavy atom. The molecule has 0 aromatic carbocycles. The highest BCUT2D eigenvalue weighted by Crippen LogP contribution is 2.33. The van der Waals surface area contributed by atoms with Gasteiger partial charge in [0.1, 0.15) is 0 Å². The summed E-state index contributed by atoms with van der Waals surface area (Å²) in [6, 6.07) is 2.94. The molecule has 2 heterocycles. The normalized spacial score (nSPS) is 22.5. The van der Waals surface area contributed by atoms with Gasteiger partial charge < -0.3 is 10.2 Å². The maximum atomic E-state index is 4.30. The monoisotopic (exact) mass is 259 g/mol. The first-order valence-electron chi connectivity index (χ1n) is 7.55. The Balaban J connectivity index is 1.69. The van der Waals surface area contributed by atoms with Gasteiger partial charge in [0, 0.05) is 49.3 Å². The third-order valence-electron chi connectivity index (χ3n) is 4.49. The highest BCUT2D eigenvalue weighted by Gasteiger charge is 2.27. The molecular formula is C16H25N3. The number of nitrogens with zero attached hydrogens (tertiary/aromatic N) is 2. The fourth-order valence-corrected chi connectivity index (χ4v) is 2.76. The van der Waals surface area contributed by atoms with Crippen molar-refractivity contribution in [3.63, 3.8) is 0 Å². The summed E-state index contributed by atoms with van der Waals surface area (Å²) >= 11 is 0. The Hall–Kier alpha value is -1.09. The second kappa shape index (κ2) is 5.12. The minimum absolute atomic E-state index is 0.510. The van der Waals surface area contributed by atoms with Crippen molar-refractivity contribution in [2.24, 2.45) is 5.41 Å². The molecule has 104 valence electrons. The average Bonchev–Trinajstić information content (AvgIpc) is 3.21. The van der Waals surface area contributed by atoms with Gasteiger partial charge in [0.25, 0.3) is 0 Å². The van der Waals surface area contributed by atoms with Gasteiger partial charge in [-0.1, -0.05) is 13.8 Å². The number of rotatable bonds is 4. The van der Waals surface area contributed by atoms with Gasteiger partial charge in [-0.3, -0.25) is 4.98 Å². The first-order valence-corrected chi connectivity index (χ1v) is 7.55. The Morgan fingerprint density at radius 3 is 2.74 bits per heavy atom. The average molecular weight is 259 g/mol. The van der Waals surface area contributed by atoms with Gasteiger partial charge >= 0.3 is 0 Å². The molecule has 1 aliphatic heterocycles. The Bertz CT molecular complexity index is 427. The summed E-state index contributed by atoms with van der Waals surface area (Å²) in [5.41, 5.74) is 3.25. The van der Waals surface area contributed by atoms with E-state index in [0.717, 1.165) is 12.6 Å². The smallest absolute Gasteiger partial charge is 0.0442 e. The van der Waals surface area contributed by atoms with Crippen LogP contribution in [-0.4, -0.2) is 24.1 Å². The number of aromatic nitrogens is 1. The summed E-state index contributed by atoms with van der Waals surface area (Å²) < 4.78 is 0. The molecule has 0 atom stereocenters. The van der Waals surface area contributed by atoms with Crippen LogP contribution in [0.15, 0.2) is 18.5 Å². The SMILES string of the molecule is CC1(C)CCN(c2ccncc2CNC2CC2)CC1. The van der Waals surface area contributed by atoms with E-state index in [9.17, 15) is 0 Å². The minimum Gasteiger partial charge on any atom is -0.371 e. The van der Waals surface area contributed by atoms with Gasteiger partial charge in [0.05, 0.1) is 0 Å². The van der Waals surface area contributed by atoms with Crippen molar-refractivity contribution in [1.82, 2.24) is 10.3 Å². The van der Waals surface area contributed by atoms with Crippen LogP contribution in [0.3, 0.4) is 0 Å². The summed E-state index contributed by atoms with van der Waals surface area (Å²) in [7, 11) is 0. The summed E-state index contributed by atoms with van der Waals surface area (Å²) in [5.74, 6) is 0. The van der Waals surface area contributed by atoms with E-state index in [1.165, 1.54) is 50.0 Å². The summed E-state index contributed by atoms with van der Waals surface area (Å²) in [5, 5.41) is 3.60. The van der Waals surface area contributed by atoms with Crippen molar-refractivity contribution in [2.75, 3.05) is 18.0 Å². The van der Waals surface area contributed by atoms with Crippen LogP contribution in [-0.2, 0) is 6.54 Å². The Kier molecular flexibility index (Phi) is 3.48. The Labute approximate surface area is 116 Å². The van der Waals surface area contributed by atoms with Crippen molar-refractivity contribution >= 4 is 5.69 Å². The molecule has 1 aliphatic carbocycles. The molecule has 0 amide bonds. The molecule has 2 aliphatic rings. The molecule has 1 N–H and O–H groups in total. The quantitative estimate of drug-likeness (QED) is 0.901. The highest BCUT2D eigenvalue weighted by molar-refractivity contribution is 5.52. The second-order valence-electron chi connectivity index (χ2n) is 6.81. The van der Waals surface area contributed by atoms with E-state index in [-0.39, 0.29) is 0 Å². The van der Waals surface area contributed by atoms with Crippen molar-refractivity contribution in [3.8, 4) is 0 Å². The minimum atomic E-state index is 0.510. The number of hydrogen-bond acceptors (Lipinski definition) is 3. The Morgan fingerprint density at radius 2 is 2.05 bits per heavy atom. The standard InChI is InChI=1S/C16H25N3/c1-16(2)6-9-19(10-7-16)15-5-8-17-11-13(15)12-18-14-3-4-14/h5,8,11,14,18H,3-4,6-7,9-10,12H2,1-2H3. The van der Waals surface area contributed by atoms with E-state index in [1.807, 2.05) is 12.4 Å². The predicted octanol–water partition coefficient (Wildman–Crippen LogP) is 2.96. The van der Waals surface area contributed by atoms with E-state index >= 15 is 0 Å². The number of hydrogen-bond donors (Lipinski definition) is 1. The largest absolute Gasteiger partial charge is 0.371 e. The lowest BCUT2D eigenvalue weighted by molar-refractivity contribution is 0.279. The van der Waals surface area contributed by atoms with Gasteiger partial charge in [-0.25, -0.2) is 0 Å². The van der Waals surface area contributed by atoms with Crippen LogP contribution in [0.2, 0.25) is 0 Å². The second-order valence-corrected chi connectivity index (χ2v) is 6.81. The molecule has 0 bridgehead atoms. The van der Waals surface area contributed by atoms with Crippen molar-refractivity contribution in [1.29, 1.82) is 0 Å². The fraction of sp³-hybridized carbons (Fsp3) is 0.688. The van der Waals surface area contributed by atoms with Crippen LogP contribution in [0.1, 0.15) is 45.1 Å². The van der Waals surface area contributed by atoms with E-state index in [0.29, 0.717) is 5.41 Å². The number of anilines is 1. The first-order chi connectivity index (χ1) is 9.14. The molecule has 19 heavy (non-hydrogen) atoms. The van der Waals surface area contributed by atoms with Crippen LogP contribution >= 0.6 is 0 Å². The predicted molar refractivity (Wildman–Crippen MR) is 79.3 cm³/mol. The lowest BCUT2D eigenvalue weighted by Crippen LogP contribution is -2.38. The van der Waals surface area contributed by atoms with Gasteiger partial charge in [-0.15, -0.1) is 0 Å². The van der Waals surface area contributed by atoms with Crippen LogP contribution in [0.5, 0.6) is 0 Å². The summed E-state index contributed by atoms with van der Waals surface area (Å²) in [6.45, 7) is 8.08. The number of nitrogens with one attached hydrogen (secondary N) is 1. The zero-order chi connectivity index (χ0) is 13.3. The lowest BCUT2D eigenvalue weighted by Gasteiger charge is -2.39. The molecule has 0 unspecified atom stereocenters. The van der Waals surface area contributed by atoms with Crippen molar-refractivity contribution in [3.05, 3.63) is 24.0 Å². The molecule has 1 saturated carbocycles. The van der Waals surface area contributed by atoms with Gasteiger partial charge in [-0.05, 0) is 37.2 Å². The lowest BCUT2D eigenvalue weighted by atomic mass is 9.82. The molecule has 3 nitrogen and oxygen atoms in total. The first kappa shape index (κ1) is 12.9. The molecule has 1 aromatic heterocycles. The van der Waals surface area contributed by atoms with E-state index < -0.39 is 0 Å². The molecular weight excluding hydrogens is 234 g/mol. The topological polar surface area (TPSA) is 28.2 Å². The molecule has 0 spiro atoms. The molecule has 1 saturated heterocycles. The summed E-state index contributed by atoms with van der Waals surface area (Å²) in [6.07, 6.45) is 9.21. The highest BCUT2D eigenvalue weighted by atomic mass is 15.1. The van der Waals surface area contributed by atoms with Crippen LogP contribution in [0.25, 0.3) is 0 Å². The zero-order valence-corrected chi connectivity index (χ0v) is 12.2. The fourth-order valence-electron chi connectivity index (χ4n) is 2.76. The van der Waals surface area contributed by atoms with Gasteiger partial charge in [0.2, 0.25) is 0 Å². The third kappa shape index (κ3) is 3.27. The third-order valence-corrected chi connectivity index (χ3v) is 4.49. The molecule has 2 fully saturated rings. The maximum absolute atomic E-state index is 4.30. The van der Waals surface area contributed by atoms with Crippen LogP contribution in [0.4, 0.5) is 5.69 Å². The van der Waals surface area contributed by atoms with Crippen molar-refractivity contribution < 1.29 is 0 Å². The van der Waals surface area contributed by atoms with E-state index in [2.05, 4.69) is 35.1 Å². The van der Waals surface area contributed by atoms with Gasteiger partial charge in [0.15, 0.2) is 0 Å². The summed E-state index contributed by atoms with van der Waals surface area (Å²) in [4.78, 5) is 6.84. The van der Waals surface area contributed by atoms with Crippen LogP contribution < -0.4 is 10.2 Å². The van der Waals surface area contributed by atoms with E-state index in [1.54, 1.807) is 0 Å². The van der Waals surface area contributed by atoms with E-state index in [4.69, 9.17) is 0 Å². The van der Waals surface area contributed by atoms with Crippen molar-refractivity contribution in [2.45, 2.75) is 52.1 Å². The number of pyridine rings is 1. The molecule has 0 radical (unpaired) electrons. The number of piperidine rings is 1. The molecule has 1 aromatic rings. The van der Waals surface area contributed by atoms with Crippen LogP contribution in [0, 0.1) is 5.41 Å². The molecule has 3 rings (SSSR count). The molecule has 3 heteroatoms. The van der Waals surface area contributed by atoms with Gasteiger partial charge in [-0.2, -0.15) is 0 Å².